The van der Waals surface area contributed by atoms with Crippen LogP contribution < -0.4 is 10.2 Å². The number of amides is 1. The summed E-state index contributed by atoms with van der Waals surface area (Å²) in [4.78, 5) is 18.6. The van der Waals surface area contributed by atoms with Crippen molar-refractivity contribution in [1.29, 1.82) is 0 Å². The third kappa shape index (κ3) is 2.18. The maximum Gasteiger partial charge on any atom is 0.254 e. The summed E-state index contributed by atoms with van der Waals surface area (Å²) in [6.45, 7) is 1.51. The lowest BCUT2D eigenvalue weighted by molar-refractivity contribution is 0.0940. The molecule has 0 aliphatic carbocycles. The van der Waals surface area contributed by atoms with Crippen LogP contribution in [0.4, 0.5) is 5.82 Å². The molecule has 1 saturated heterocycles. The second kappa shape index (κ2) is 5.14. The highest BCUT2D eigenvalue weighted by atomic mass is 16.3. The minimum absolute atomic E-state index is 0.0763. The SMILES string of the molecule is O=C(N[C@@H]1CCN(c2nccn3cnnc23)C1)c1ccoc1. The second-order valence-electron chi connectivity index (χ2n) is 5.23. The fraction of sp³-hybridized carbons (Fsp3) is 0.286. The molecule has 112 valence electrons. The van der Waals surface area contributed by atoms with Crippen molar-refractivity contribution in [2.75, 3.05) is 18.0 Å². The molecule has 0 unspecified atom stereocenters. The van der Waals surface area contributed by atoms with E-state index in [9.17, 15) is 4.79 Å². The summed E-state index contributed by atoms with van der Waals surface area (Å²) in [5.41, 5.74) is 1.26. The van der Waals surface area contributed by atoms with Crippen molar-refractivity contribution in [1.82, 2.24) is 24.9 Å². The van der Waals surface area contributed by atoms with E-state index in [0.29, 0.717) is 12.1 Å². The van der Waals surface area contributed by atoms with Gasteiger partial charge in [0.25, 0.3) is 5.91 Å². The molecule has 0 aromatic carbocycles. The van der Waals surface area contributed by atoms with Gasteiger partial charge in [0.05, 0.1) is 11.8 Å². The first-order chi connectivity index (χ1) is 10.8. The van der Waals surface area contributed by atoms with Gasteiger partial charge < -0.3 is 14.6 Å². The molecule has 0 spiro atoms. The number of anilines is 1. The third-order valence-electron chi connectivity index (χ3n) is 3.80. The van der Waals surface area contributed by atoms with Crippen LogP contribution in [0.1, 0.15) is 16.8 Å². The molecule has 3 aromatic rings. The monoisotopic (exact) mass is 298 g/mol. The summed E-state index contributed by atoms with van der Waals surface area (Å²) >= 11 is 0. The first-order valence-electron chi connectivity index (χ1n) is 7.03. The van der Waals surface area contributed by atoms with Crippen LogP contribution in [-0.4, -0.2) is 44.6 Å². The summed E-state index contributed by atoms with van der Waals surface area (Å²) in [6, 6.07) is 1.73. The molecule has 1 atom stereocenters. The van der Waals surface area contributed by atoms with Crippen molar-refractivity contribution in [3.8, 4) is 0 Å². The molecule has 0 radical (unpaired) electrons. The van der Waals surface area contributed by atoms with Gasteiger partial charge in [0.1, 0.15) is 12.6 Å². The molecule has 8 heteroatoms. The number of carbonyl (C=O) groups is 1. The number of fused-ring (bicyclic) bond motifs is 1. The highest BCUT2D eigenvalue weighted by Crippen LogP contribution is 2.21. The summed E-state index contributed by atoms with van der Waals surface area (Å²) in [7, 11) is 0. The van der Waals surface area contributed by atoms with Crippen molar-refractivity contribution in [3.63, 3.8) is 0 Å². The van der Waals surface area contributed by atoms with E-state index in [2.05, 4.69) is 25.4 Å². The van der Waals surface area contributed by atoms with Crippen molar-refractivity contribution in [2.24, 2.45) is 0 Å². The Morgan fingerprint density at radius 1 is 1.45 bits per heavy atom. The summed E-state index contributed by atoms with van der Waals surface area (Å²) < 4.78 is 6.76. The minimum Gasteiger partial charge on any atom is -0.472 e. The topological polar surface area (TPSA) is 88.6 Å². The number of nitrogens with zero attached hydrogens (tertiary/aromatic N) is 5. The molecule has 0 saturated carbocycles. The minimum atomic E-state index is -0.116. The zero-order valence-corrected chi connectivity index (χ0v) is 11.7. The van der Waals surface area contributed by atoms with Crippen LogP contribution in [0.2, 0.25) is 0 Å². The Kier molecular flexibility index (Phi) is 2.99. The first kappa shape index (κ1) is 12.8. The Bertz CT molecular complexity index is 797. The fourth-order valence-corrected chi connectivity index (χ4v) is 2.70. The Morgan fingerprint density at radius 3 is 3.27 bits per heavy atom. The molecule has 3 aromatic heterocycles. The normalized spacial score (nSPS) is 18.0. The molecular weight excluding hydrogens is 284 g/mol. The molecule has 1 N–H and O–H groups in total. The molecule has 1 aliphatic heterocycles. The van der Waals surface area contributed by atoms with Gasteiger partial charge in [-0.2, -0.15) is 0 Å². The number of carbonyl (C=O) groups excluding carboxylic acids is 1. The van der Waals surface area contributed by atoms with Gasteiger partial charge in [0.15, 0.2) is 5.82 Å². The summed E-state index contributed by atoms with van der Waals surface area (Å²) in [5, 5.41) is 11.0. The van der Waals surface area contributed by atoms with Crippen LogP contribution >= 0.6 is 0 Å². The molecular formula is C14H14N6O2. The number of rotatable bonds is 3. The van der Waals surface area contributed by atoms with E-state index in [1.807, 2.05) is 10.6 Å². The average Bonchev–Trinajstić information content (AvgIpc) is 3.27. The maximum absolute atomic E-state index is 12.0. The Hall–Kier alpha value is -2.90. The van der Waals surface area contributed by atoms with Crippen LogP contribution in [-0.2, 0) is 0 Å². The molecule has 1 amide bonds. The fourth-order valence-electron chi connectivity index (χ4n) is 2.70. The molecule has 1 aliphatic rings. The average molecular weight is 298 g/mol. The number of furan rings is 1. The van der Waals surface area contributed by atoms with E-state index >= 15 is 0 Å². The first-order valence-corrected chi connectivity index (χ1v) is 7.03. The van der Waals surface area contributed by atoms with Gasteiger partial charge in [-0.15, -0.1) is 10.2 Å². The maximum atomic E-state index is 12.0. The van der Waals surface area contributed by atoms with E-state index < -0.39 is 0 Å². The molecule has 4 heterocycles. The van der Waals surface area contributed by atoms with Gasteiger partial charge in [0, 0.05) is 31.5 Å². The van der Waals surface area contributed by atoms with Gasteiger partial charge in [0.2, 0.25) is 5.65 Å². The molecule has 4 rings (SSSR count). The van der Waals surface area contributed by atoms with Crippen molar-refractivity contribution in [2.45, 2.75) is 12.5 Å². The molecule has 1 fully saturated rings. The van der Waals surface area contributed by atoms with Gasteiger partial charge in [-0.3, -0.25) is 9.20 Å². The van der Waals surface area contributed by atoms with Gasteiger partial charge >= 0.3 is 0 Å². The molecule has 0 bridgehead atoms. The quantitative estimate of drug-likeness (QED) is 0.766. The van der Waals surface area contributed by atoms with Crippen molar-refractivity contribution < 1.29 is 9.21 Å². The lowest BCUT2D eigenvalue weighted by Crippen LogP contribution is -2.37. The highest BCUT2D eigenvalue weighted by Gasteiger charge is 2.27. The lowest BCUT2D eigenvalue weighted by atomic mass is 10.2. The van der Waals surface area contributed by atoms with Crippen molar-refractivity contribution in [3.05, 3.63) is 42.9 Å². The van der Waals surface area contributed by atoms with Gasteiger partial charge in [-0.05, 0) is 12.5 Å². The van der Waals surface area contributed by atoms with Crippen LogP contribution in [0.5, 0.6) is 0 Å². The number of nitrogens with one attached hydrogen (secondary N) is 1. The largest absolute Gasteiger partial charge is 0.472 e. The summed E-state index contributed by atoms with van der Waals surface area (Å²) in [5.74, 6) is 0.675. The number of hydrogen-bond acceptors (Lipinski definition) is 6. The Morgan fingerprint density at radius 2 is 2.41 bits per heavy atom. The van der Waals surface area contributed by atoms with E-state index in [0.717, 1.165) is 24.4 Å². The van der Waals surface area contributed by atoms with Gasteiger partial charge in [-0.1, -0.05) is 0 Å². The van der Waals surface area contributed by atoms with Crippen LogP contribution in [0, 0.1) is 0 Å². The van der Waals surface area contributed by atoms with Crippen LogP contribution in [0.3, 0.4) is 0 Å². The zero-order valence-electron chi connectivity index (χ0n) is 11.7. The zero-order chi connectivity index (χ0) is 14.9. The second-order valence-corrected chi connectivity index (χ2v) is 5.23. The van der Waals surface area contributed by atoms with E-state index in [1.165, 1.54) is 12.5 Å². The predicted molar refractivity (Wildman–Crippen MR) is 77.6 cm³/mol. The van der Waals surface area contributed by atoms with Crippen molar-refractivity contribution >= 4 is 17.4 Å². The standard InChI is InChI=1S/C14H14N6O2/c21-14(10-2-6-22-8-10)17-11-1-4-19(7-11)12-13-18-16-9-20(13)5-3-15-12/h2-3,5-6,8-9,11H,1,4,7H2,(H,17,21)/t11-/m1/s1. The van der Waals surface area contributed by atoms with E-state index in [-0.39, 0.29) is 11.9 Å². The molecule has 8 nitrogen and oxygen atoms in total. The van der Waals surface area contributed by atoms with E-state index in [1.54, 1.807) is 18.6 Å². The van der Waals surface area contributed by atoms with Gasteiger partial charge in [-0.25, -0.2) is 4.98 Å². The summed E-state index contributed by atoms with van der Waals surface area (Å²) in [6.07, 6.45) is 8.98. The number of aromatic nitrogens is 4. The number of hydrogen-bond donors (Lipinski definition) is 1. The smallest absolute Gasteiger partial charge is 0.254 e. The van der Waals surface area contributed by atoms with E-state index in [4.69, 9.17) is 4.42 Å². The van der Waals surface area contributed by atoms with Crippen LogP contribution in [0.15, 0.2) is 41.7 Å². The predicted octanol–water partition coefficient (Wildman–Crippen LogP) is 0.726. The molecule has 22 heavy (non-hydrogen) atoms. The third-order valence-corrected chi connectivity index (χ3v) is 3.80. The highest BCUT2D eigenvalue weighted by molar-refractivity contribution is 5.94. The van der Waals surface area contributed by atoms with Crippen LogP contribution in [0.25, 0.3) is 5.65 Å². The Balaban J connectivity index is 1.48. The Labute approximate surface area is 125 Å². The lowest BCUT2D eigenvalue weighted by Gasteiger charge is -2.17.